The van der Waals surface area contributed by atoms with Crippen LogP contribution in [0.3, 0.4) is 0 Å². The van der Waals surface area contributed by atoms with Crippen LogP contribution < -0.4 is 4.74 Å². The summed E-state index contributed by atoms with van der Waals surface area (Å²) in [6.07, 6.45) is 3.81. The monoisotopic (exact) mass is 438 g/mol. The van der Waals surface area contributed by atoms with Gasteiger partial charge in [0.1, 0.15) is 11.5 Å². The van der Waals surface area contributed by atoms with Gasteiger partial charge in [0.05, 0.1) is 18.2 Å². The maximum absolute atomic E-state index is 13.0. The number of benzene rings is 1. The number of carbonyl (C=O) groups is 2. The van der Waals surface area contributed by atoms with Gasteiger partial charge in [-0.15, -0.1) is 0 Å². The van der Waals surface area contributed by atoms with Gasteiger partial charge in [-0.1, -0.05) is 19.9 Å². The third-order valence-corrected chi connectivity index (χ3v) is 5.31. The van der Waals surface area contributed by atoms with Crippen molar-refractivity contribution in [3.8, 4) is 5.75 Å². The summed E-state index contributed by atoms with van der Waals surface area (Å²) in [5, 5.41) is 11.2. The zero-order valence-corrected chi connectivity index (χ0v) is 19.0. The number of Topliss-reactive ketones (excluding diaryl/α,β-unsaturated/α-hetero) is 1. The largest absolute Gasteiger partial charge is 0.507 e. The number of aryl methyl sites for hydroxylation is 1. The second-order valence-electron chi connectivity index (χ2n) is 8.31. The SMILES string of the molecule is COCCCN1C(=O)C(=O)/C(=C(/O)c2ccc(OCC(C)C)c(C)c2)[C@H]1c1cccnc1. The first-order valence-electron chi connectivity index (χ1n) is 10.8. The van der Waals surface area contributed by atoms with Crippen molar-refractivity contribution in [2.45, 2.75) is 33.2 Å². The molecular formula is C25H30N2O5. The van der Waals surface area contributed by atoms with E-state index in [1.54, 1.807) is 49.8 Å². The molecule has 1 fully saturated rings. The highest BCUT2D eigenvalue weighted by Gasteiger charge is 2.45. The Morgan fingerprint density at radius 1 is 1.25 bits per heavy atom. The van der Waals surface area contributed by atoms with E-state index in [0.29, 0.717) is 43.2 Å². The van der Waals surface area contributed by atoms with Crippen LogP contribution in [-0.4, -0.2) is 53.5 Å². The van der Waals surface area contributed by atoms with E-state index in [4.69, 9.17) is 9.47 Å². The normalized spacial score (nSPS) is 17.9. The fourth-order valence-electron chi connectivity index (χ4n) is 3.74. The average molecular weight is 439 g/mol. The number of hydrogen-bond donors (Lipinski definition) is 1. The molecule has 1 atom stereocenters. The molecule has 0 aliphatic carbocycles. The van der Waals surface area contributed by atoms with Gasteiger partial charge >= 0.3 is 0 Å². The topological polar surface area (TPSA) is 89.0 Å². The average Bonchev–Trinajstić information content (AvgIpc) is 3.03. The fraction of sp³-hybridized carbons (Fsp3) is 0.400. The van der Waals surface area contributed by atoms with Crippen molar-refractivity contribution >= 4 is 17.4 Å². The summed E-state index contributed by atoms with van der Waals surface area (Å²) in [5.41, 5.74) is 2.03. The number of amides is 1. The lowest BCUT2D eigenvalue weighted by Crippen LogP contribution is -2.31. The molecule has 0 saturated carbocycles. The highest BCUT2D eigenvalue weighted by molar-refractivity contribution is 6.46. The van der Waals surface area contributed by atoms with E-state index in [0.717, 1.165) is 11.3 Å². The van der Waals surface area contributed by atoms with Gasteiger partial charge in [-0.3, -0.25) is 14.6 Å². The van der Waals surface area contributed by atoms with Crippen LogP contribution in [0, 0.1) is 12.8 Å². The van der Waals surface area contributed by atoms with Gasteiger partial charge in [-0.2, -0.15) is 0 Å². The third-order valence-electron chi connectivity index (χ3n) is 5.31. The number of nitrogens with zero attached hydrogens (tertiary/aromatic N) is 2. The van der Waals surface area contributed by atoms with Crippen molar-refractivity contribution in [2.75, 3.05) is 26.9 Å². The molecule has 1 amide bonds. The number of carbonyl (C=O) groups excluding carboxylic acids is 2. The van der Waals surface area contributed by atoms with Crippen LogP contribution in [0.1, 0.15) is 43.0 Å². The molecule has 0 spiro atoms. The Labute approximate surface area is 188 Å². The smallest absolute Gasteiger partial charge is 0.295 e. The molecule has 7 nitrogen and oxygen atoms in total. The molecule has 0 unspecified atom stereocenters. The zero-order chi connectivity index (χ0) is 23.3. The highest BCUT2D eigenvalue weighted by atomic mass is 16.5. The number of pyridine rings is 1. The van der Waals surface area contributed by atoms with Crippen molar-refractivity contribution in [1.29, 1.82) is 0 Å². The van der Waals surface area contributed by atoms with Gasteiger partial charge in [0.25, 0.3) is 11.7 Å². The van der Waals surface area contributed by atoms with Crippen LogP contribution in [0.25, 0.3) is 5.76 Å². The first kappa shape index (κ1) is 23.5. The second kappa shape index (κ2) is 10.4. The molecule has 1 aliphatic heterocycles. The molecule has 1 saturated heterocycles. The molecular weight excluding hydrogens is 408 g/mol. The Balaban J connectivity index is 2.03. The van der Waals surface area contributed by atoms with Crippen LogP contribution in [0.2, 0.25) is 0 Å². The first-order valence-corrected chi connectivity index (χ1v) is 10.8. The summed E-state index contributed by atoms with van der Waals surface area (Å²) in [7, 11) is 1.59. The van der Waals surface area contributed by atoms with Crippen molar-refractivity contribution in [3.05, 3.63) is 65.0 Å². The Kier molecular flexibility index (Phi) is 7.64. The summed E-state index contributed by atoms with van der Waals surface area (Å²) in [5.74, 6) is -0.434. The van der Waals surface area contributed by atoms with Gasteiger partial charge in [0.2, 0.25) is 0 Å². The van der Waals surface area contributed by atoms with Gasteiger partial charge in [0.15, 0.2) is 0 Å². The van der Waals surface area contributed by atoms with Crippen molar-refractivity contribution in [3.63, 3.8) is 0 Å². The lowest BCUT2D eigenvalue weighted by Gasteiger charge is -2.25. The van der Waals surface area contributed by atoms with Gasteiger partial charge in [-0.05, 0) is 54.7 Å². The number of rotatable bonds is 9. The molecule has 0 radical (unpaired) electrons. The molecule has 1 aromatic heterocycles. The predicted molar refractivity (Wildman–Crippen MR) is 121 cm³/mol. The Morgan fingerprint density at radius 2 is 2.03 bits per heavy atom. The minimum absolute atomic E-state index is 0.0654. The quantitative estimate of drug-likeness (QED) is 0.277. The standard InChI is InChI=1S/C25H30N2O5/c1-16(2)15-32-20-9-8-18(13-17(20)3)23(28)21-22(19-7-5-10-26-14-19)27(11-6-12-31-4)25(30)24(21)29/h5,7-10,13-14,16,22,28H,6,11-12,15H2,1-4H3/b23-21+/t22-/m1/s1. The number of likely N-dealkylation sites (tertiary alicyclic amines) is 1. The minimum Gasteiger partial charge on any atom is -0.507 e. The van der Waals surface area contributed by atoms with E-state index >= 15 is 0 Å². The number of methoxy groups -OCH3 is 1. The summed E-state index contributed by atoms with van der Waals surface area (Å²) >= 11 is 0. The maximum Gasteiger partial charge on any atom is 0.295 e. The summed E-state index contributed by atoms with van der Waals surface area (Å²) < 4.78 is 10.9. The summed E-state index contributed by atoms with van der Waals surface area (Å²) in [6, 6.07) is 8.09. The van der Waals surface area contributed by atoms with Gasteiger partial charge < -0.3 is 19.5 Å². The molecule has 32 heavy (non-hydrogen) atoms. The molecule has 170 valence electrons. The minimum atomic E-state index is -0.710. The van der Waals surface area contributed by atoms with Crippen LogP contribution in [0.5, 0.6) is 5.75 Å². The van der Waals surface area contributed by atoms with Gasteiger partial charge in [0, 0.05) is 38.2 Å². The lowest BCUT2D eigenvalue weighted by atomic mass is 9.95. The van der Waals surface area contributed by atoms with Crippen molar-refractivity contribution < 1.29 is 24.2 Å². The van der Waals surface area contributed by atoms with E-state index in [1.165, 1.54) is 4.90 Å². The summed E-state index contributed by atoms with van der Waals surface area (Å²) in [6.45, 7) is 7.39. The second-order valence-corrected chi connectivity index (χ2v) is 8.31. The number of aliphatic hydroxyl groups is 1. The van der Waals surface area contributed by atoms with E-state index in [-0.39, 0.29) is 11.3 Å². The first-order chi connectivity index (χ1) is 15.3. The number of aromatic nitrogens is 1. The molecule has 2 heterocycles. The Hall–Kier alpha value is -3.19. The summed E-state index contributed by atoms with van der Waals surface area (Å²) in [4.78, 5) is 31.5. The molecule has 2 aromatic rings. The Morgan fingerprint density at radius 3 is 2.66 bits per heavy atom. The molecule has 1 aromatic carbocycles. The van der Waals surface area contributed by atoms with Gasteiger partial charge in [-0.25, -0.2) is 0 Å². The molecule has 1 aliphatic rings. The van der Waals surface area contributed by atoms with E-state index in [2.05, 4.69) is 18.8 Å². The van der Waals surface area contributed by atoms with Crippen molar-refractivity contribution in [1.82, 2.24) is 9.88 Å². The lowest BCUT2D eigenvalue weighted by molar-refractivity contribution is -0.140. The predicted octanol–water partition coefficient (Wildman–Crippen LogP) is 3.88. The number of ether oxygens (including phenoxy) is 2. The highest BCUT2D eigenvalue weighted by Crippen LogP contribution is 2.39. The Bertz CT molecular complexity index is 1000. The van der Waals surface area contributed by atoms with E-state index < -0.39 is 17.7 Å². The number of aliphatic hydroxyl groups excluding tert-OH is 1. The van der Waals surface area contributed by atoms with Crippen LogP contribution in [0.15, 0.2) is 48.3 Å². The third kappa shape index (κ3) is 4.99. The van der Waals surface area contributed by atoms with Crippen molar-refractivity contribution in [2.24, 2.45) is 5.92 Å². The zero-order valence-electron chi connectivity index (χ0n) is 19.0. The molecule has 1 N–H and O–H groups in total. The molecule has 7 heteroatoms. The fourth-order valence-corrected chi connectivity index (χ4v) is 3.74. The molecule has 3 rings (SSSR count). The van der Waals surface area contributed by atoms with Crippen LogP contribution in [0.4, 0.5) is 0 Å². The molecule has 0 bridgehead atoms. The maximum atomic E-state index is 13.0. The van der Waals surface area contributed by atoms with Crippen LogP contribution >= 0.6 is 0 Å². The van der Waals surface area contributed by atoms with Crippen LogP contribution in [-0.2, 0) is 14.3 Å². The number of hydrogen-bond acceptors (Lipinski definition) is 6. The van der Waals surface area contributed by atoms with E-state index in [1.807, 2.05) is 6.92 Å². The van der Waals surface area contributed by atoms with E-state index in [9.17, 15) is 14.7 Å². The number of ketones is 1.